The predicted octanol–water partition coefficient (Wildman–Crippen LogP) is 3.99. The predicted molar refractivity (Wildman–Crippen MR) is 163 cm³/mol. The van der Waals surface area contributed by atoms with Gasteiger partial charge in [0.1, 0.15) is 5.75 Å². The summed E-state index contributed by atoms with van der Waals surface area (Å²) in [7, 11) is 1.69. The number of anilines is 3. The third kappa shape index (κ3) is 7.11. The lowest BCUT2D eigenvalue weighted by Gasteiger charge is -2.38. The molecule has 0 aromatic heterocycles. The van der Waals surface area contributed by atoms with Crippen LogP contribution in [0, 0.1) is 0 Å². The molecular formula is C31H36ClN5O4. The van der Waals surface area contributed by atoms with Crippen molar-refractivity contribution in [2.24, 2.45) is 0 Å². The zero-order valence-corrected chi connectivity index (χ0v) is 24.0. The molecule has 5 rings (SSSR count). The largest absolute Gasteiger partial charge is 0.495 e. The normalized spacial score (nSPS) is 15.9. The number of hydrogen-bond donors (Lipinski definition) is 2. The van der Waals surface area contributed by atoms with Crippen molar-refractivity contribution in [3.63, 3.8) is 0 Å². The fourth-order valence-electron chi connectivity index (χ4n) is 5.24. The Morgan fingerprint density at radius 1 is 0.829 bits per heavy atom. The van der Waals surface area contributed by atoms with Gasteiger partial charge in [0.25, 0.3) is 11.8 Å². The van der Waals surface area contributed by atoms with Crippen LogP contribution in [0.5, 0.6) is 5.75 Å². The number of ether oxygens (including phenoxy) is 2. The van der Waals surface area contributed by atoms with Gasteiger partial charge >= 0.3 is 0 Å². The number of nitrogens with zero attached hydrogens (tertiary/aromatic N) is 3. The molecule has 9 nitrogen and oxygen atoms in total. The van der Waals surface area contributed by atoms with Crippen LogP contribution in [-0.4, -0.2) is 89.4 Å². The number of carbonyl (C=O) groups is 2. The second kappa shape index (κ2) is 13.7. The van der Waals surface area contributed by atoms with Crippen LogP contribution >= 0.6 is 11.6 Å². The Bertz CT molecular complexity index is 1360. The van der Waals surface area contributed by atoms with E-state index in [-0.39, 0.29) is 11.8 Å². The zero-order chi connectivity index (χ0) is 28.6. The molecule has 3 aromatic rings. The molecule has 2 N–H and O–H groups in total. The van der Waals surface area contributed by atoms with Crippen LogP contribution in [0.1, 0.15) is 20.7 Å². The highest BCUT2D eigenvalue weighted by atomic mass is 35.5. The summed E-state index contributed by atoms with van der Waals surface area (Å²) in [5, 5.41) is 6.37. The van der Waals surface area contributed by atoms with Crippen molar-refractivity contribution in [3.8, 4) is 5.75 Å². The van der Waals surface area contributed by atoms with Gasteiger partial charge in [-0.15, -0.1) is 0 Å². The summed E-state index contributed by atoms with van der Waals surface area (Å²) in [6.45, 7) is 7.46. The van der Waals surface area contributed by atoms with Crippen molar-refractivity contribution >= 4 is 40.5 Å². The number of halogens is 1. The second-order valence-corrected chi connectivity index (χ2v) is 10.4. The van der Waals surface area contributed by atoms with E-state index in [1.165, 1.54) is 0 Å². The molecular weight excluding hydrogens is 542 g/mol. The topological polar surface area (TPSA) is 86.4 Å². The Balaban J connectivity index is 1.32. The molecule has 3 aromatic carbocycles. The molecule has 2 saturated heterocycles. The minimum absolute atomic E-state index is 0.172. The highest BCUT2D eigenvalue weighted by Crippen LogP contribution is 2.31. The van der Waals surface area contributed by atoms with Gasteiger partial charge in [-0.2, -0.15) is 0 Å². The molecule has 0 atom stereocenters. The lowest BCUT2D eigenvalue weighted by atomic mass is 10.1. The molecule has 0 aliphatic carbocycles. The van der Waals surface area contributed by atoms with Gasteiger partial charge in [-0.3, -0.25) is 14.5 Å². The number of piperazine rings is 1. The molecule has 41 heavy (non-hydrogen) atoms. The lowest BCUT2D eigenvalue weighted by molar-refractivity contribution is 0.0383. The fourth-order valence-corrected chi connectivity index (χ4v) is 5.46. The van der Waals surface area contributed by atoms with Gasteiger partial charge in [0.05, 0.1) is 42.2 Å². The maximum Gasteiger partial charge on any atom is 0.257 e. The standard InChI is InChI=1S/C31H36ClN5O4/c1-40-29-9-5-4-8-28(29)37-16-14-36(15-17-37)27-11-10-23(34-31(39)24-6-2-3-7-26(24)32)22-25(27)30(38)33-12-13-35-18-20-41-21-19-35/h2-11,22H,12-21H2,1H3,(H,33,38)(H,34,39). The van der Waals surface area contributed by atoms with Crippen molar-refractivity contribution < 1.29 is 19.1 Å². The van der Waals surface area contributed by atoms with Gasteiger partial charge in [-0.1, -0.05) is 35.9 Å². The van der Waals surface area contributed by atoms with Crippen LogP contribution in [0.3, 0.4) is 0 Å². The Morgan fingerprint density at radius 3 is 2.24 bits per heavy atom. The molecule has 0 bridgehead atoms. The smallest absolute Gasteiger partial charge is 0.257 e. The average Bonchev–Trinajstić information content (AvgIpc) is 3.02. The number of amides is 2. The maximum atomic E-state index is 13.5. The van der Waals surface area contributed by atoms with Gasteiger partial charge in [-0.25, -0.2) is 0 Å². The van der Waals surface area contributed by atoms with E-state index in [4.69, 9.17) is 21.1 Å². The minimum Gasteiger partial charge on any atom is -0.495 e. The molecule has 2 amide bonds. The van der Waals surface area contributed by atoms with Crippen LogP contribution in [0.15, 0.2) is 66.7 Å². The van der Waals surface area contributed by atoms with Crippen molar-refractivity contribution in [2.45, 2.75) is 0 Å². The van der Waals surface area contributed by atoms with E-state index in [0.717, 1.165) is 62.9 Å². The van der Waals surface area contributed by atoms with Crippen molar-refractivity contribution in [3.05, 3.63) is 82.9 Å². The first kappa shape index (κ1) is 28.7. The molecule has 0 saturated carbocycles. The third-order valence-corrected chi connectivity index (χ3v) is 7.81. The average molecular weight is 578 g/mol. The van der Waals surface area contributed by atoms with Crippen LogP contribution in [-0.2, 0) is 4.74 Å². The number of benzene rings is 3. The molecule has 2 heterocycles. The van der Waals surface area contributed by atoms with E-state index in [9.17, 15) is 9.59 Å². The SMILES string of the molecule is COc1ccccc1N1CCN(c2ccc(NC(=O)c3ccccc3Cl)cc2C(=O)NCCN2CCOCC2)CC1. The Kier molecular flexibility index (Phi) is 9.61. The summed E-state index contributed by atoms with van der Waals surface area (Å²) < 4.78 is 11.0. The highest BCUT2D eigenvalue weighted by molar-refractivity contribution is 6.34. The molecule has 0 radical (unpaired) electrons. The monoisotopic (exact) mass is 577 g/mol. The van der Waals surface area contributed by atoms with Crippen LogP contribution in [0.2, 0.25) is 5.02 Å². The number of morpholine rings is 1. The van der Waals surface area contributed by atoms with Gasteiger partial charge in [0, 0.05) is 63.7 Å². The first-order chi connectivity index (χ1) is 20.0. The lowest BCUT2D eigenvalue weighted by Crippen LogP contribution is -2.47. The second-order valence-electron chi connectivity index (χ2n) is 10.0. The van der Waals surface area contributed by atoms with E-state index in [0.29, 0.717) is 41.6 Å². The molecule has 0 spiro atoms. The Hall–Kier alpha value is -3.79. The number of methoxy groups -OCH3 is 1. The highest BCUT2D eigenvalue weighted by Gasteiger charge is 2.24. The summed E-state index contributed by atoms with van der Waals surface area (Å²) in [6.07, 6.45) is 0. The first-order valence-corrected chi connectivity index (χ1v) is 14.3. The van der Waals surface area contributed by atoms with Crippen molar-refractivity contribution in [2.75, 3.05) is 87.8 Å². The Labute approximate surface area is 246 Å². The van der Waals surface area contributed by atoms with Crippen LogP contribution < -0.4 is 25.2 Å². The zero-order valence-electron chi connectivity index (χ0n) is 23.3. The van der Waals surface area contributed by atoms with E-state index >= 15 is 0 Å². The molecule has 2 aliphatic rings. The molecule has 0 unspecified atom stereocenters. The summed E-state index contributed by atoms with van der Waals surface area (Å²) in [4.78, 5) is 33.3. The van der Waals surface area contributed by atoms with Crippen molar-refractivity contribution in [1.29, 1.82) is 0 Å². The van der Waals surface area contributed by atoms with Gasteiger partial charge in [0.2, 0.25) is 0 Å². The first-order valence-electron chi connectivity index (χ1n) is 13.9. The minimum atomic E-state index is -0.326. The van der Waals surface area contributed by atoms with Gasteiger partial charge in [-0.05, 0) is 42.5 Å². The van der Waals surface area contributed by atoms with E-state index in [2.05, 4.69) is 31.4 Å². The third-order valence-electron chi connectivity index (χ3n) is 7.48. The van der Waals surface area contributed by atoms with Gasteiger partial charge < -0.3 is 29.9 Å². The van der Waals surface area contributed by atoms with Crippen LogP contribution in [0.25, 0.3) is 0 Å². The molecule has 2 aliphatic heterocycles. The number of carbonyl (C=O) groups excluding carboxylic acids is 2. The number of hydrogen-bond acceptors (Lipinski definition) is 7. The maximum absolute atomic E-state index is 13.5. The van der Waals surface area contributed by atoms with Crippen molar-refractivity contribution in [1.82, 2.24) is 10.2 Å². The number of nitrogens with one attached hydrogen (secondary N) is 2. The fraction of sp³-hybridized carbons (Fsp3) is 0.355. The number of rotatable bonds is 9. The van der Waals surface area contributed by atoms with E-state index in [1.54, 1.807) is 37.4 Å². The summed E-state index contributed by atoms with van der Waals surface area (Å²) in [6, 6.07) is 20.4. The van der Waals surface area contributed by atoms with E-state index < -0.39 is 0 Å². The van der Waals surface area contributed by atoms with E-state index in [1.807, 2.05) is 30.3 Å². The quantitative estimate of drug-likeness (QED) is 0.398. The molecule has 216 valence electrons. The summed E-state index contributed by atoms with van der Waals surface area (Å²) in [5.74, 6) is 0.349. The summed E-state index contributed by atoms with van der Waals surface area (Å²) >= 11 is 6.23. The molecule has 10 heteroatoms. The summed E-state index contributed by atoms with van der Waals surface area (Å²) in [5.41, 5.74) is 3.33. The number of para-hydroxylation sites is 2. The van der Waals surface area contributed by atoms with Crippen LogP contribution in [0.4, 0.5) is 17.1 Å². The van der Waals surface area contributed by atoms with Gasteiger partial charge in [0.15, 0.2) is 0 Å². The Morgan fingerprint density at radius 2 is 1.51 bits per heavy atom. The molecule has 2 fully saturated rings.